The Hall–Kier alpha value is -4.13. The molecule has 3 aromatic rings. The molecule has 0 spiro atoms. The van der Waals surface area contributed by atoms with Gasteiger partial charge in [0, 0.05) is 24.7 Å². The molecule has 0 aromatic heterocycles. The fourth-order valence-corrected chi connectivity index (χ4v) is 3.46. The van der Waals surface area contributed by atoms with Gasteiger partial charge in [-0.1, -0.05) is 48.5 Å². The minimum Gasteiger partial charge on any atom is -0.486 e. The highest BCUT2D eigenvalue weighted by Gasteiger charge is 2.22. The minimum absolute atomic E-state index is 0.0934. The van der Waals surface area contributed by atoms with Crippen LogP contribution < -0.4 is 9.47 Å². The van der Waals surface area contributed by atoms with Crippen LogP contribution in [0, 0.1) is 0 Å². The van der Waals surface area contributed by atoms with E-state index < -0.39 is 12.6 Å². The predicted molar refractivity (Wildman–Crippen MR) is 121 cm³/mol. The van der Waals surface area contributed by atoms with Gasteiger partial charge >= 0.3 is 5.97 Å². The second kappa shape index (κ2) is 9.99. The highest BCUT2D eigenvalue weighted by molar-refractivity contribution is 6.14. The van der Waals surface area contributed by atoms with E-state index in [0.717, 1.165) is 5.56 Å². The number of ketones is 1. The van der Waals surface area contributed by atoms with Crippen molar-refractivity contribution in [2.75, 3.05) is 26.9 Å². The van der Waals surface area contributed by atoms with Crippen LogP contribution in [0.2, 0.25) is 0 Å². The summed E-state index contributed by atoms with van der Waals surface area (Å²) >= 11 is 0. The Balaban J connectivity index is 1.44. The molecular formula is C26H23NO6. The largest absolute Gasteiger partial charge is 0.486 e. The van der Waals surface area contributed by atoms with Gasteiger partial charge in [0.05, 0.1) is 5.56 Å². The SMILES string of the molecule is CN(Cc1ccccc1)C(=O)COC(=O)c1ccccc1C(=O)c1ccc2c(c1)OCCO2. The molecule has 3 aromatic carbocycles. The molecule has 1 amide bonds. The van der Waals surface area contributed by atoms with Crippen LogP contribution in [0.4, 0.5) is 0 Å². The molecule has 4 rings (SSSR count). The van der Waals surface area contributed by atoms with E-state index in [9.17, 15) is 14.4 Å². The van der Waals surface area contributed by atoms with E-state index in [2.05, 4.69) is 0 Å². The van der Waals surface area contributed by atoms with Crippen molar-refractivity contribution < 1.29 is 28.6 Å². The van der Waals surface area contributed by atoms with E-state index in [1.807, 2.05) is 30.3 Å². The highest BCUT2D eigenvalue weighted by atomic mass is 16.6. The highest BCUT2D eigenvalue weighted by Crippen LogP contribution is 2.31. The molecule has 33 heavy (non-hydrogen) atoms. The number of carbonyl (C=O) groups is 3. The Morgan fingerprint density at radius 1 is 0.848 bits per heavy atom. The van der Waals surface area contributed by atoms with Crippen molar-refractivity contribution in [3.05, 3.63) is 95.1 Å². The average molecular weight is 445 g/mol. The number of carbonyl (C=O) groups excluding carboxylic acids is 3. The summed E-state index contributed by atoms with van der Waals surface area (Å²) in [6.07, 6.45) is 0. The van der Waals surface area contributed by atoms with Gasteiger partial charge < -0.3 is 19.1 Å². The standard InChI is InChI=1S/C26H23NO6/c1-27(16-18-7-3-2-4-8-18)24(28)17-33-26(30)21-10-6-5-9-20(21)25(29)19-11-12-22-23(15-19)32-14-13-31-22/h2-12,15H,13-14,16-17H2,1H3. The fourth-order valence-electron chi connectivity index (χ4n) is 3.46. The zero-order valence-corrected chi connectivity index (χ0v) is 18.2. The zero-order chi connectivity index (χ0) is 23.2. The van der Waals surface area contributed by atoms with E-state index in [4.69, 9.17) is 14.2 Å². The van der Waals surface area contributed by atoms with E-state index >= 15 is 0 Å². The van der Waals surface area contributed by atoms with Gasteiger partial charge in [0.15, 0.2) is 23.9 Å². The quantitative estimate of drug-likeness (QED) is 0.409. The molecule has 0 fully saturated rings. The van der Waals surface area contributed by atoms with Crippen LogP contribution in [0.5, 0.6) is 11.5 Å². The number of amides is 1. The number of hydrogen-bond acceptors (Lipinski definition) is 6. The maximum atomic E-state index is 13.1. The van der Waals surface area contributed by atoms with Crippen LogP contribution in [0.15, 0.2) is 72.8 Å². The van der Waals surface area contributed by atoms with Gasteiger partial charge in [-0.15, -0.1) is 0 Å². The molecule has 0 bridgehead atoms. The van der Waals surface area contributed by atoms with Crippen molar-refractivity contribution in [2.24, 2.45) is 0 Å². The third-order valence-electron chi connectivity index (χ3n) is 5.21. The molecule has 1 aliphatic rings. The number of hydrogen-bond donors (Lipinski definition) is 0. The molecule has 168 valence electrons. The molecule has 0 unspecified atom stereocenters. The Morgan fingerprint density at radius 2 is 1.52 bits per heavy atom. The maximum Gasteiger partial charge on any atom is 0.339 e. The summed E-state index contributed by atoms with van der Waals surface area (Å²) in [7, 11) is 1.64. The van der Waals surface area contributed by atoms with Crippen molar-refractivity contribution in [3.8, 4) is 11.5 Å². The summed E-state index contributed by atoms with van der Waals surface area (Å²) in [4.78, 5) is 39.8. The van der Waals surface area contributed by atoms with Gasteiger partial charge in [0.25, 0.3) is 5.91 Å². The average Bonchev–Trinajstić information content (AvgIpc) is 2.86. The molecule has 7 nitrogen and oxygen atoms in total. The van der Waals surface area contributed by atoms with Gasteiger partial charge in [-0.05, 0) is 29.8 Å². The smallest absolute Gasteiger partial charge is 0.339 e. The van der Waals surface area contributed by atoms with Crippen molar-refractivity contribution in [1.82, 2.24) is 4.90 Å². The summed E-state index contributed by atoms with van der Waals surface area (Å²) in [6.45, 7) is 0.833. The first-order chi connectivity index (χ1) is 16.0. The molecular weight excluding hydrogens is 422 g/mol. The first kappa shape index (κ1) is 22.1. The van der Waals surface area contributed by atoms with Crippen LogP contribution in [-0.2, 0) is 16.1 Å². The van der Waals surface area contributed by atoms with Crippen LogP contribution in [0.25, 0.3) is 0 Å². The Labute approximate surface area is 191 Å². The maximum absolute atomic E-state index is 13.1. The number of fused-ring (bicyclic) bond motifs is 1. The second-order valence-electron chi connectivity index (χ2n) is 7.54. The lowest BCUT2D eigenvalue weighted by atomic mass is 9.98. The minimum atomic E-state index is -0.738. The monoisotopic (exact) mass is 445 g/mol. The van der Waals surface area contributed by atoms with E-state index in [-0.39, 0.29) is 22.8 Å². The number of likely N-dealkylation sites (N-methyl/N-ethyl adjacent to an activating group) is 1. The van der Waals surface area contributed by atoms with E-state index in [1.54, 1.807) is 43.4 Å². The molecule has 0 radical (unpaired) electrons. The molecule has 7 heteroatoms. The van der Waals surface area contributed by atoms with Crippen LogP contribution in [-0.4, -0.2) is 49.4 Å². The summed E-state index contributed by atoms with van der Waals surface area (Å²) in [5.41, 5.74) is 1.60. The van der Waals surface area contributed by atoms with E-state index in [1.165, 1.54) is 11.0 Å². The Morgan fingerprint density at radius 3 is 2.27 bits per heavy atom. The first-order valence-electron chi connectivity index (χ1n) is 10.5. The van der Waals surface area contributed by atoms with Gasteiger partial charge in [-0.3, -0.25) is 9.59 Å². The summed E-state index contributed by atoms with van der Waals surface area (Å²) in [5.74, 6) is -0.379. The fraction of sp³-hybridized carbons (Fsp3) is 0.192. The zero-order valence-electron chi connectivity index (χ0n) is 18.2. The van der Waals surface area contributed by atoms with Crippen molar-refractivity contribution in [2.45, 2.75) is 6.54 Å². The molecule has 0 saturated heterocycles. The topological polar surface area (TPSA) is 82.1 Å². The number of rotatable bonds is 7. The summed E-state index contributed by atoms with van der Waals surface area (Å²) in [5, 5.41) is 0. The Bertz CT molecular complexity index is 1170. The number of nitrogens with zero attached hydrogens (tertiary/aromatic N) is 1. The predicted octanol–water partition coefficient (Wildman–Crippen LogP) is 3.50. The lowest BCUT2D eigenvalue weighted by Crippen LogP contribution is -2.31. The van der Waals surface area contributed by atoms with Gasteiger partial charge in [0.1, 0.15) is 13.2 Å². The van der Waals surface area contributed by atoms with Gasteiger partial charge in [-0.2, -0.15) is 0 Å². The molecule has 0 N–H and O–H groups in total. The lowest BCUT2D eigenvalue weighted by Gasteiger charge is -2.19. The number of benzene rings is 3. The summed E-state index contributed by atoms with van der Waals surface area (Å²) < 4.78 is 16.3. The molecule has 0 atom stereocenters. The van der Waals surface area contributed by atoms with Crippen molar-refractivity contribution in [1.29, 1.82) is 0 Å². The lowest BCUT2D eigenvalue weighted by molar-refractivity contribution is -0.133. The van der Waals surface area contributed by atoms with Crippen molar-refractivity contribution in [3.63, 3.8) is 0 Å². The second-order valence-corrected chi connectivity index (χ2v) is 7.54. The van der Waals surface area contributed by atoms with E-state index in [0.29, 0.717) is 36.8 Å². The van der Waals surface area contributed by atoms with Crippen molar-refractivity contribution >= 4 is 17.7 Å². The molecule has 1 aliphatic heterocycles. The molecule has 1 heterocycles. The molecule has 0 saturated carbocycles. The third kappa shape index (κ3) is 5.20. The summed E-state index contributed by atoms with van der Waals surface area (Å²) in [6, 6.07) is 20.8. The first-order valence-corrected chi connectivity index (χ1v) is 10.5. The Kier molecular flexibility index (Phi) is 6.69. The third-order valence-corrected chi connectivity index (χ3v) is 5.21. The number of esters is 1. The van der Waals surface area contributed by atoms with Crippen LogP contribution in [0.1, 0.15) is 31.8 Å². The van der Waals surface area contributed by atoms with Crippen LogP contribution in [0.3, 0.4) is 0 Å². The number of ether oxygens (including phenoxy) is 3. The van der Waals surface area contributed by atoms with Gasteiger partial charge in [-0.25, -0.2) is 4.79 Å². The molecule has 0 aliphatic carbocycles. The van der Waals surface area contributed by atoms with Gasteiger partial charge in [0.2, 0.25) is 0 Å². The van der Waals surface area contributed by atoms with Crippen LogP contribution >= 0.6 is 0 Å². The normalized spacial score (nSPS) is 12.0.